The summed E-state index contributed by atoms with van der Waals surface area (Å²) in [6.45, 7) is 8.47. The maximum Gasteiger partial charge on any atom is 0.0631 e. The average molecular weight is 206 g/mol. The molecule has 0 aromatic heterocycles. The highest BCUT2D eigenvalue weighted by Crippen LogP contribution is 2.27. The summed E-state index contributed by atoms with van der Waals surface area (Å²) in [4.78, 5) is 0. The molecule has 1 heteroatoms. The van der Waals surface area contributed by atoms with Gasteiger partial charge in [0.1, 0.15) is 0 Å². The number of rotatable bonds is 4. The Morgan fingerprint density at radius 3 is 2.40 bits per heavy atom. The number of aliphatic hydroxyl groups is 1. The van der Waals surface area contributed by atoms with E-state index < -0.39 is 0 Å². The Hall–Kier alpha value is -0.820. The Morgan fingerprint density at radius 2 is 1.87 bits per heavy atom. The van der Waals surface area contributed by atoms with E-state index in [1.54, 1.807) is 0 Å². The van der Waals surface area contributed by atoms with Crippen molar-refractivity contribution in [2.45, 2.75) is 46.6 Å². The smallest absolute Gasteiger partial charge is 0.0631 e. The van der Waals surface area contributed by atoms with Gasteiger partial charge in [-0.05, 0) is 36.3 Å². The highest BCUT2D eigenvalue weighted by atomic mass is 16.3. The number of aryl methyl sites for hydroxylation is 1. The van der Waals surface area contributed by atoms with Crippen molar-refractivity contribution >= 4 is 0 Å². The maximum atomic E-state index is 10.2. The molecule has 1 aromatic rings. The molecule has 1 atom stereocenters. The standard InChI is InChI=1S/C14H22O/c1-5-14(3,4)13(15)10-12-9-7-6-8-11(12)2/h6-9,13,15H,5,10H2,1-4H3. The minimum Gasteiger partial charge on any atom is -0.392 e. The van der Waals surface area contributed by atoms with E-state index in [9.17, 15) is 5.11 Å². The summed E-state index contributed by atoms with van der Waals surface area (Å²) in [6.07, 6.45) is 1.50. The third-order valence-corrected chi connectivity index (χ3v) is 3.49. The quantitative estimate of drug-likeness (QED) is 0.801. The molecule has 0 aliphatic heterocycles. The van der Waals surface area contributed by atoms with Crippen LogP contribution < -0.4 is 0 Å². The van der Waals surface area contributed by atoms with Crippen molar-refractivity contribution in [2.24, 2.45) is 5.41 Å². The topological polar surface area (TPSA) is 20.2 Å². The third-order valence-electron chi connectivity index (χ3n) is 3.49. The zero-order valence-corrected chi connectivity index (χ0v) is 10.2. The molecule has 15 heavy (non-hydrogen) atoms. The van der Waals surface area contributed by atoms with Crippen molar-refractivity contribution < 1.29 is 5.11 Å². The lowest BCUT2D eigenvalue weighted by molar-refractivity contribution is 0.0478. The summed E-state index contributed by atoms with van der Waals surface area (Å²) in [5.41, 5.74) is 2.53. The molecule has 1 rings (SSSR count). The first kappa shape index (κ1) is 12.3. The van der Waals surface area contributed by atoms with Crippen LogP contribution in [-0.2, 0) is 6.42 Å². The van der Waals surface area contributed by atoms with Crippen molar-refractivity contribution in [1.82, 2.24) is 0 Å². The van der Waals surface area contributed by atoms with Crippen molar-refractivity contribution in [3.63, 3.8) is 0 Å². The van der Waals surface area contributed by atoms with Gasteiger partial charge in [-0.15, -0.1) is 0 Å². The molecule has 0 aliphatic rings. The van der Waals surface area contributed by atoms with E-state index in [4.69, 9.17) is 0 Å². The molecule has 0 saturated heterocycles. The summed E-state index contributed by atoms with van der Waals surface area (Å²) >= 11 is 0. The maximum absolute atomic E-state index is 10.2. The second-order valence-electron chi connectivity index (χ2n) is 4.99. The first-order chi connectivity index (χ1) is 6.97. The van der Waals surface area contributed by atoms with Crippen LogP contribution in [0.5, 0.6) is 0 Å². The van der Waals surface area contributed by atoms with Gasteiger partial charge >= 0.3 is 0 Å². The van der Waals surface area contributed by atoms with Crippen LogP contribution in [-0.4, -0.2) is 11.2 Å². The molecule has 84 valence electrons. The molecule has 0 heterocycles. The third kappa shape index (κ3) is 3.07. The largest absolute Gasteiger partial charge is 0.392 e. The van der Waals surface area contributed by atoms with Crippen molar-refractivity contribution in [1.29, 1.82) is 0 Å². The van der Waals surface area contributed by atoms with Crippen LogP contribution >= 0.6 is 0 Å². The van der Waals surface area contributed by atoms with Gasteiger partial charge in [0.2, 0.25) is 0 Å². The van der Waals surface area contributed by atoms with Gasteiger partial charge in [-0.2, -0.15) is 0 Å². The number of hydrogen-bond acceptors (Lipinski definition) is 1. The molecule has 0 bridgehead atoms. The monoisotopic (exact) mass is 206 g/mol. The fourth-order valence-corrected chi connectivity index (χ4v) is 1.56. The Balaban J connectivity index is 2.75. The highest BCUT2D eigenvalue weighted by Gasteiger charge is 2.25. The lowest BCUT2D eigenvalue weighted by Crippen LogP contribution is -2.30. The van der Waals surface area contributed by atoms with E-state index in [1.807, 2.05) is 12.1 Å². The van der Waals surface area contributed by atoms with Crippen LogP contribution in [0, 0.1) is 12.3 Å². The summed E-state index contributed by atoms with van der Waals surface area (Å²) in [5, 5.41) is 10.2. The first-order valence-corrected chi connectivity index (χ1v) is 5.70. The van der Waals surface area contributed by atoms with Gasteiger partial charge in [0.05, 0.1) is 6.10 Å². The zero-order valence-electron chi connectivity index (χ0n) is 10.2. The van der Waals surface area contributed by atoms with Gasteiger partial charge in [0.15, 0.2) is 0 Å². The van der Waals surface area contributed by atoms with E-state index in [0.717, 1.165) is 12.8 Å². The molecule has 1 nitrogen and oxygen atoms in total. The lowest BCUT2D eigenvalue weighted by Gasteiger charge is -2.29. The van der Waals surface area contributed by atoms with E-state index in [1.165, 1.54) is 11.1 Å². The molecule has 0 spiro atoms. The highest BCUT2D eigenvalue weighted by molar-refractivity contribution is 5.26. The minimum atomic E-state index is -0.261. The summed E-state index contributed by atoms with van der Waals surface area (Å²) in [7, 11) is 0. The summed E-state index contributed by atoms with van der Waals surface area (Å²) in [5.74, 6) is 0. The van der Waals surface area contributed by atoms with Crippen molar-refractivity contribution in [3.05, 3.63) is 35.4 Å². The molecule has 0 fully saturated rings. The van der Waals surface area contributed by atoms with Crippen LogP contribution in [0.2, 0.25) is 0 Å². The molecule has 0 amide bonds. The minimum absolute atomic E-state index is 0.00226. The Labute approximate surface area is 93.1 Å². The number of aliphatic hydroxyl groups excluding tert-OH is 1. The van der Waals surface area contributed by atoms with Crippen LogP contribution in [0.3, 0.4) is 0 Å². The molecule has 1 aromatic carbocycles. The molecule has 0 saturated carbocycles. The van der Waals surface area contributed by atoms with Crippen LogP contribution in [0.4, 0.5) is 0 Å². The second-order valence-corrected chi connectivity index (χ2v) is 4.99. The average Bonchev–Trinajstić information content (AvgIpc) is 2.21. The summed E-state index contributed by atoms with van der Waals surface area (Å²) < 4.78 is 0. The molecule has 0 radical (unpaired) electrons. The van der Waals surface area contributed by atoms with Gasteiger partial charge in [-0.25, -0.2) is 0 Å². The molecular weight excluding hydrogens is 184 g/mol. The van der Waals surface area contributed by atoms with Crippen LogP contribution in [0.25, 0.3) is 0 Å². The van der Waals surface area contributed by atoms with Crippen molar-refractivity contribution in [3.8, 4) is 0 Å². The van der Waals surface area contributed by atoms with E-state index in [-0.39, 0.29) is 11.5 Å². The second kappa shape index (κ2) is 4.80. The van der Waals surface area contributed by atoms with Gasteiger partial charge in [-0.3, -0.25) is 0 Å². The van der Waals surface area contributed by atoms with Crippen LogP contribution in [0.15, 0.2) is 24.3 Å². The first-order valence-electron chi connectivity index (χ1n) is 5.70. The fourth-order valence-electron chi connectivity index (χ4n) is 1.56. The molecule has 1 unspecified atom stereocenters. The molecular formula is C14H22O. The molecule has 1 N–H and O–H groups in total. The predicted octanol–water partition coefficient (Wildman–Crippen LogP) is 3.33. The van der Waals surface area contributed by atoms with E-state index >= 15 is 0 Å². The Bertz CT molecular complexity index is 315. The normalized spacial score (nSPS) is 13.9. The Morgan fingerprint density at radius 1 is 1.27 bits per heavy atom. The lowest BCUT2D eigenvalue weighted by atomic mass is 9.80. The van der Waals surface area contributed by atoms with E-state index in [2.05, 4.69) is 39.8 Å². The number of hydrogen-bond donors (Lipinski definition) is 1. The Kier molecular flexibility index (Phi) is 3.92. The summed E-state index contributed by atoms with van der Waals surface area (Å²) in [6, 6.07) is 8.27. The predicted molar refractivity (Wildman–Crippen MR) is 65.0 cm³/mol. The van der Waals surface area contributed by atoms with E-state index in [0.29, 0.717) is 0 Å². The fraction of sp³-hybridized carbons (Fsp3) is 0.571. The van der Waals surface area contributed by atoms with Gasteiger partial charge in [-0.1, -0.05) is 45.0 Å². The van der Waals surface area contributed by atoms with Gasteiger partial charge in [0, 0.05) is 0 Å². The molecule has 0 aliphatic carbocycles. The zero-order chi connectivity index (χ0) is 11.5. The van der Waals surface area contributed by atoms with Crippen LogP contribution in [0.1, 0.15) is 38.3 Å². The van der Waals surface area contributed by atoms with Gasteiger partial charge < -0.3 is 5.11 Å². The SMILES string of the molecule is CCC(C)(C)C(O)Cc1ccccc1C. The number of benzene rings is 1. The van der Waals surface area contributed by atoms with Gasteiger partial charge in [0.25, 0.3) is 0 Å². The van der Waals surface area contributed by atoms with Crippen molar-refractivity contribution in [2.75, 3.05) is 0 Å².